The molecule has 1 aliphatic rings. The highest BCUT2D eigenvalue weighted by atomic mass is 35.5. The second-order valence-corrected chi connectivity index (χ2v) is 7.15. The molecular weight excluding hydrogens is 416 g/mol. The Balaban J connectivity index is 0.00000233. The molecule has 170 valence electrons. The molecule has 0 saturated heterocycles. The number of nitrogens with zero attached hydrogens (tertiary/aromatic N) is 2. The fourth-order valence-electron chi connectivity index (χ4n) is 3.51. The summed E-state index contributed by atoms with van der Waals surface area (Å²) in [5.41, 5.74) is 0.168. The molecule has 6 nitrogen and oxygen atoms in total. The van der Waals surface area contributed by atoms with E-state index in [0.29, 0.717) is 17.9 Å². The van der Waals surface area contributed by atoms with Crippen LogP contribution in [-0.4, -0.2) is 43.4 Å². The highest BCUT2D eigenvalue weighted by Gasteiger charge is 2.46. The van der Waals surface area contributed by atoms with Gasteiger partial charge in [-0.2, -0.15) is 0 Å². The van der Waals surface area contributed by atoms with E-state index in [2.05, 4.69) is 11.6 Å². The lowest BCUT2D eigenvalue weighted by Crippen LogP contribution is -2.52. The van der Waals surface area contributed by atoms with E-state index >= 15 is 0 Å². The summed E-state index contributed by atoms with van der Waals surface area (Å²) >= 11 is 6.44. The molecule has 1 atom stereocenters. The molecule has 1 aromatic rings. The monoisotopic (exact) mass is 448 g/mol. The topological polar surface area (TPSA) is 68.2 Å². The van der Waals surface area contributed by atoms with Crippen molar-refractivity contribution in [2.45, 2.75) is 52.0 Å². The molecule has 0 N–H and O–H groups in total. The van der Waals surface area contributed by atoms with Crippen LogP contribution < -0.4 is 0 Å². The van der Waals surface area contributed by atoms with E-state index < -0.39 is 11.5 Å². The van der Waals surface area contributed by atoms with Crippen molar-refractivity contribution in [3.8, 4) is 0 Å². The standard InChI is InChI=1S/C22H27ClN2O4.C2H6/c1-4-17(14-24-5-2)21(27)29-16-28-15-25(3)22(13-9-8-12-20(22)26)18-10-6-7-11-19(18)23;1-2/h4-7,10-11,14H,1,8-9,12-13,15-16H2,2-3H3;1-2H3/b17-14-,24-5?;. The molecule has 1 saturated carbocycles. The number of ether oxygens (including phenoxy) is 2. The van der Waals surface area contributed by atoms with E-state index in [-0.39, 0.29) is 24.9 Å². The zero-order valence-electron chi connectivity index (χ0n) is 18.9. The maximum atomic E-state index is 13.0. The lowest BCUT2D eigenvalue weighted by atomic mass is 9.74. The van der Waals surface area contributed by atoms with E-state index in [4.69, 9.17) is 21.1 Å². The average Bonchev–Trinajstić information content (AvgIpc) is 2.79. The van der Waals surface area contributed by atoms with Gasteiger partial charge in [-0.05, 0) is 38.4 Å². The number of carbonyl (C=O) groups is 2. The minimum atomic E-state index is -0.845. The molecular formula is C24H33ClN2O4. The van der Waals surface area contributed by atoms with Crippen LogP contribution in [0.25, 0.3) is 0 Å². The van der Waals surface area contributed by atoms with Gasteiger partial charge in [0.25, 0.3) is 0 Å². The molecule has 0 radical (unpaired) electrons. The van der Waals surface area contributed by atoms with Crippen molar-refractivity contribution < 1.29 is 19.1 Å². The van der Waals surface area contributed by atoms with Gasteiger partial charge in [0, 0.05) is 23.9 Å². The molecule has 7 heteroatoms. The quantitative estimate of drug-likeness (QED) is 0.128. The van der Waals surface area contributed by atoms with Crippen molar-refractivity contribution in [3.05, 3.63) is 59.3 Å². The molecule has 0 aromatic heterocycles. The van der Waals surface area contributed by atoms with Crippen LogP contribution in [0, 0.1) is 0 Å². The number of ketones is 1. The Morgan fingerprint density at radius 1 is 1.32 bits per heavy atom. The first-order chi connectivity index (χ1) is 15.0. The van der Waals surface area contributed by atoms with Crippen LogP contribution in [0.2, 0.25) is 5.02 Å². The first kappa shape index (κ1) is 26.8. The second kappa shape index (κ2) is 13.9. The minimum Gasteiger partial charge on any atom is -0.435 e. The smallest absolute Gasteiger partial charge is 0.341 e. The SMILES string of the molecule is C=C/C(=C/N=CC)C(=O)OCOCN(C)C1(c2ccccc2Cl)CCCCC1=O.CC. The number of benzene rings is 1. The average molecular weight is 449 g/mol. The number of halogens is 1. The Hall–Kier alpha value is -2.28. The van der Waals surface area contributed by atoms with Gasteiger partial charge in [0.2, 0.25) is 0 Å². The van der Waals surface area contributed by atoms with Crippen molar-refractivity contribution in [1.82, 2.24) is 4.90 Å². The van der Waals surface area contributed by atoms with Crippen LogP contribution in [0.3, 0.4) is 0 Å². The summed E-state index contributed by atoms with van der Waals surface area (Å²) in [6, 6.07) is 7.40. The molecule has 0 amide bonds. The van der Waals surface area contributed by atoms with E-state index in [1.807, 2.05) is 44.0 Å². The lowest BCUT2D eigenvalue weighted by Gasteiger charge is -2.43. The van der Waals surface area contributed by atoms with Gasteiger partial charge in [-0.1, -0.05) is 62.7 Å². The fraction of sp³-hybridized carbons (Fsp3) is 0.458. The molecule has 31 heavy (non-hydrogen) atoms. The van der Waals surface area contributed by atoms with Gasteiger partial charge in [0.1, 0.15) is 12.3 Å². The van der Waals surface area contributed by atoms with Gasteiger partial charge < -0.3 is 9.47 Å². The van der Waals surface area contributed by atoms with E-state index in [1.54, 1.807) is 19.2 Å². The van der Waals surface area contributed by atoms with Crippen molar-refractivity contribution >= 4 is 29.6 Å². The number of hydrogen-bond donors (Lipinski definition) is 0. The zero-order chi connectivity index (χ0) is 23.3. The summed E-state index contributed by atoms with van der Waals surface area (Å²) in [5.74, 6) is -0.461. The Morgan fingerprint density at radius 3 is 2.65 bits per heavy atom. The van der Waals surface area contributed by atoms with Gasteiger partial charge in [-0.25, -0.2) is 4.79 Å². The van der Waals surface area contributed by atoms with Crippen LogP contribution in [0.5, 0.6) is 0 Å². The molecule has 0 bridgehead atoms. The van der Waals surface area contributed by atoms with Crippen LogP contribution in [0.15, 0.2) is 53.7 Å². The largest absolute Gasteiger partial charge is 0.435 e. The minimum absolute atomic E-state index is 0.102. The number of esters is 1. The van der Waals surface area contributed by atoms with Gasteiger partial charge in [-0.3, -0.25) is 14.7 Å². The van der Waals surface area contributed by atoms with Gasteiger partial charge in [0.15, 0.2) is 12.6 Å². The lowest BCUT2D eigenvalue weighted by molar-refractivity contribution is -0.161. The Morgan fingerprint density at radius 2 is 2.03 bits per heavy atom. The molecule has 0 aliphatic heterocycles. The van der Waals surface area contributed by atoms with Crippen LogP contribution >= 0.6 is 11.6 Å². The summed E-state index contributed by atoms with van der Waals surface area (Å²) in [6.45, 7) is 9.16. The van der Waals surface area contributed by atoms with Crippen molar-refractivity contribution in [3.63, 3.8) is 0 Å². The first-order valence-corrected chi connectivity index (χ1v) is 10.9. The zero-order valence-corrected chi connectivity index (χ0v) is 19.7. The number of aliphatic imine (C=N–C) groups is 1. The summed E-state index contributed by atoms with van der Waals surface area (Å²) < 4.78 is 10.6. The molecule has 1 aliphatic carbocycles. The molecule has 0 heterocycles. The second-order valence-electron chi connectivity index (χ2n) is 6.75. The van der Waals surface area contributed by atoms with Crippen LogP contribution in [0.4, 0.5) is 0 Å². The molecule has 0 spiro atoms. The number of likely N-dealkylation sites (N-methyl/N-ethyl adjacent to an activating group) is 1. The highest BCUT2D eigenvalue weighted by Crippen LogP contribution is 2.42. The Bertz CT molecular complexity index is 807. The molecule has 1 fully saturated rings. The number of rotatable bonds is 9. The molecule has 2 rings (SSSR count). The molecule has 1 unspecified atom stereocenters. The predicted molar refractivity (Wildman–Crippen MR) is 125 cm³/mol. The van der Waals surface area contributed by atoms with Gasteiger partial charge in [-0.15, -0.1) is 0 Å². The Labute approximate surface area is 190 Å². The number of hydrogen-bond acceptors (Lipinski definition) is 6. The third-order valence-corrected chi connectivity index (χ3v) is 5.33. The van der Waals surface area contributed by atoms with Crippen molar-refractivity contribution in [2.75, 3.05) is 20.6 Å². The third kappa shape index (κ3) is 6.86. The number of Topliss-reactive ketones (excluding diaryl/α,β-unsaturated/α-hetero) is 1. The molecule has 1 aromatic carbocycles. The van der Waals surface area contributed by atoms with E-state index in [0.717, 1.165) is 18.4 Å². The van der Waals surface area contributed by atoms with Gasteiger partial charge >= 0.3 is 5.97 Å². The normalized spacial score (nSPS) is 19.2. The van der Waals surface area contributed by atoms with Crippen LogP contribution in [0.1, 0.15) is 52.0 Å². The summed E-state index contributed by atoms with van der Waals surface area (Å²) in [6.07, 6.45) is 7.24. The first-order valence-electron chi connectivity index (χ1n) is 10.5. The van der Waals surface area contributed by atoms with Crippen molar-refractivity contribution in [1.29, 1.82) is 0 Å². The summed E-state index contributed by atoms with van der Waals surface area (Å²) in [4.78, 5) is 30.7. The summed E-state index contributed by atoms with van der Waals surface area (Å²) in [5, 5.41) is 0.554. The van der Waals surface area contributed by atoms with Crippen LogP contribution in [-0.2, 0) is 24.6 Å². The number of carbonyl (C=O) groups excluding carboxylic acids is 2. The van der Waals surface area contributed by atoms with E-state index in [1.165, 1.54) is 12.3 Å². The highest BCUT2D eigenvalue weighted by molar-refractivity contribution is 6.31. The summed E-state index contributed by atoms with van der Waals surface area (Å²) in [7, 11) is 1.82. The predicted octanol–water partition coefficient (Wildman–Crippen LogP) is 5.27. The van der Waals surface area contributed by atoms with Crippen molar-refractivity contribution in [2.24, 2.45) is 4.99 Å². The maximum Gasteiger partial charge on any atom is 0.341 e. The third-order valence-electron chi connectivity index (χ3n) is 5.00. The van der Waals surface area contributed by atoms with Gasteiger partial charge in [0.05, 0.1) is 5.57 Å². The maximum absolute atomic E-state index is 13.0. The van der Waals surface area contributed by atoms with E-state index in [9.17, 15) is 9.59 Å². The fourth-order valence-corrected chi connectivity index (χ4v) is 3.80. The Kier molecular flexibility index (Phi) is 12.0.